The van der Waals surface area contributed by atoms with Crippen molar-refractivity contribution in [1.82, 2.24) is 15.5 Å². The van der Waals surface area contributed by atoms with Gasteiger partial charge < -0.3 is 30.1 Å². The first kappa shape index (κ1) is 32.9. The molecule has 7 nitrogen and oxygen atoms in total. The SMILES string of the molecule is O=C(NCc1ccccc1)NCc1ccccc1-c1ccc(C2OC(CN3CCCCCCC3)CC(c3ccc(CO)cc3)O2)cc1. The minimum absolute atomic E-state index is 0.0299. The Labute approximate surface area is 278 Å². The average Bonchev–Trinajstić information content (AvgIpc) is 3.11. The van der Waals surface area contributed by atoms with Crippen LogP contribution < -0.4 is 10.6 Å². The fraction of sp³-hybridized carbons (Fsp3) is 0.375. The first-order valence-electron chi connectivity index (χ1n) is 17.1. The largest absolute Gasteiger partial charge is 0.392 e. The predicted molar refractivity (Wildman–Crippen MR) is 185 cm³/mol. The number of hydrogen-bond acceptors (Lipinski definition) is 5. The monoisotopic (exact) mass is 633 g/mol. The van der Waals surface area contributed by atoms with E-state index in [1.165, 1.54) is 32.1 Å². The summed E-state index contributed by atoms with van der Waals surface area (Å²) in [4.78, 5) is 15.1. The second-order valence-electron chi connectivity index (χ2n) is 12.7. The normalized spacial score (nSPS) is 20.6. The Morgan fingerprint density at radius 1 is 0.702 bits per heavy atom. The summed E-state index contributed by atoms with van der Waals surface area (Å²) < 4.78 is 13.3. The van der Waals surface area contributed by atoms with E-state index in [1.54, 1.807) is 0 Å². The van der Waals surface area contributed by atoms with Gasteiger partial charge in [0.15, 0.2) is 6.29 Å². The lowest BCUT2D eigenvalue weighted by Gasteiger charge is -2.39. The van der Waals surface area contributed by atoms with Crippen LogP contribution in [0.3, 0.4) is 0 Å². The number of hydrogen-bond donors (Lipinski definition) is 3. The number of benzene rings is 4. The Balaban J connectivity index is 1.14. The van der Waals surface area contributed by atoms with E-state index >= 15 is 0 Å². The molecule has 2 saturated heterocycles. The van der Waals surface area contributed by atoms with Gasteiger partial charge in [-0.05, 0) is 59.3 Å². The zero-order valence-corrected chi connectivity index (χ0v) is 27.2. The van der Waals surface area contributed by atoms with Crippen molar-refractivity contribution in [3.63, 3.8) is 0 Å². The molecule has 0 spiro atoms. The standard InChI is InChI=1S/C40H47N3O4/c44-29-31-15-17-33(18-16-31)38-25-36(28-43-23-9-2-1-3-10-24-43)46-39(47-38)34-21-19-32(20-22-34)37-14-8-7-13-35(37)27-42-40(45)41-26-30-11-5-4-6-12-30/h4-8,11-22,36,38-39,44H,1-3,9-10,23-29H2,(H2,41,42,45). The molecule has 2 amide bonds. The molecule has 2 aliphatic heterocycles. The van der Waals surface area contributed by atoms with Crippen LogP contribution in [0.1, 0.15) is 78.7 Å². The van der Waals surface area contributed by atoms with E-state index in [0.29, 0.717) is 13.1 Å². The molecule has 0 aromatic heterocycles. The summed E-state index contributed by atoms with van der Waals surface area (Å²) in [6.07, 6.45) is 6.72. The van der Waals surface area contributed by atoms with Crippen LogP contribution in [0.15, 0.2) is 103 Å². The molecular formula is C40H47N3O4. The Morgan fingerprint density at radius 2 is 1.36 bits per heavy atom. The number of rotatable bonds is 10. The molecule has 3 N–H and O–H groups in total. The number of aliphatic hydroxyl groups is 1. The summed E-state index contributed by atoms with van der Waals surface area (Å²) in [5.74, 6) is 0. The molecule has 3 unspecified atom stereocenters. The Morgan fingerprint density at radius 3 is 2.11 bits per heavy atom. The Bertz CT molecular complexity index is 1540. The number of nitrogens with one attached hydrogen (secondary N) is 2. The number of aliphatic hydroxyl groups excluding tert-OH is 1. The van der Waals surface area contributed by atoms with Crippen molar-refractivity contribution in [2.75, 3.05) is 19.6 Å². The summed E-state index contributed by atoms with van der Waals surface area (Å²) in [7, 11) is 0. The number of carbonyl (C=O) groups excluding carboxylic acids is 1. The van der Waals surface area contributed by atoms with Gasteiger partial charge in [-0.3, -0.25) is 0 Å². The third kappa shape index (κ3) is 9.30. The molecule has 246 valence electrons. The van der Waals surface area contributed by atoms with Gasteiger partial charge >= 0.3 is 6.03 Å². The summed E-state index contributed by atoms with van der Waals surface area (Å²) >= 11 is 0. The van der Waals surface area contributed by atoms with Crippen LogP contribution in [-0.2, 0) is 29.2 Å². The van der Waals surface area contributed by atoms with Gasteiger partial charge in [0.05, 0.1) is 18.8 Å². The summed E-state index contributed by atoms with van der Waals surface area (Å²) in [5, 5.41) is 15.5. The van der Waals surface area contributed by atoms with E-state index in [9.17, 15) is 9.90 Å². The first-order valence-corrected chi connectivity index (χ1v) is 17.1. The van der Waals surface area contributed by atoms with E-state index in [0.717, 1.165) is 65.0 Å². The topological polar surface area (TPSA) is 83.1 Å². The lowest BCUT2D eigenvalue weighted by Crippen LogP contribution is -2.40. The molecule has 4 aromatic carbocycles. The van der Waals surface area contributed by atoms with Crippen molar-refractivity contribution in [2.24, 2.45) is 0 Å². The van der Waals surface area contributed by atoms with Crippen LogP contribution >= 0.6 is 0 Å². The van der Waals surface area contributed by atoms with Crippen LogP contribution in [0.2, 0.25) is 0 Å². The van der Waals surface area contributed by atoms with Crippen LogP contribution in [0.4, 0.5) is 4.79 Å². The van der Waals surface area contributed by atoms with Gasteiger partial charge in [0.1, 0.15) is 0 Å². The first-order chi connectivity index (χ1) is 23.1. The highest BCUT2D eigenvalue weighted by atomic mass is 16.7. The second-order valence-corrected chi connectivity index (χ2v) is 12.7. The summed E-state index contributed by atoms with van der Waals surface area (Å²) in [5.41, 5.74) is 7.24. The minimum Gasteiger partial charge on any atom is -0.392 e. The fourth-order valence-electron chi connectivity index (χ4n) is 6.61. The number of amides is 2. The van der Waals surface area contributed by atoms with E-state index in [2.05, 4.69) is 64.1 Å². The minimum atomic E-state index is -0.481. The van der Waals surface area contributed by atoms with Crippen molar-refractivity contribution in [3.05, 3.63) is 131 Å². The number of urea groups is 1. The van der Waals surface area contributed by atoms with Crippen LogP contribution in [0.5, 0.6) is 0 Å². The lowest BCUT2D eigenvalue weighted by molar-refractivity contribution is -0.253. The van der Waals surface area contributed by atoms with Gasteiger partial charge in [-0.15, -0.1) is 0 Å². The second kappa shape index (κ2) is 16.7. The van der Waals surface area contributed by atoms with Crippen LogP contribution in [0, 0.1) is 0 Å². The highest BCUT2D eigenvalue weighted by Gasteiger charge is 2.33. The van der Waals surface area contributed by atoms with Crippen molar-refractivity contribution in [3.8, 4) is 11.1 Å². The molecular weight excluding hydrogens is 586 g/mol. The molecule has 0 aliphatic carbocycles. The smallest absolute Gasteiger partial charge is 0.315 e. The highest BCUT2D eigenvalue weighted by Crippen LogP contribution is 2.39. The third-order valence-corrected chi connectivity index (χ3v) is 9.27. The number of likely N-dealkylation sites (tertiary alicyclic amines) is 1. The van der Waals surface area contributed by atoms with Crippen molar-refractivity contribution in [2.45, 2.75) is 76.7 Å². The van der Waals surface area contributed by atoms with Gasteiger partial charge in [-0.25, -0.2) is 4.79 Å². The zero-order valence-electron chi connectivity index (χ0n) is 27.2. The third-order valence-electron chi connectivity index (χ3n) is 9.27. The van der Waals surface area contributed by atoms with Crippen LogP contribution in [-0.4, -0.2) is 41.8 Å². The highest BCUT2D eigenvalue weighted by molar-refractivity contribution is 5.75. The van der Waals surface area contributed by atoms with Crippen molar-refractivity contribution < 1.29 is 19.4 Å². The van der Waals surface area contributed by atoms with E-state index in [-0.39, 0.29) is 24.8 Å². The van der Waals surface area contributed by atoms with E-state index < -0.39 is 6.29 Å². The van der Waals surface area contributed by atoms with Gasteiger partial charge in [-0.1, -0.05) is 122 Å². The molecule has 0 radical (unpaired) electrons. The van der Waals surface area contributed by atoms with Gasteiger partial charge in [0.2, 0.25) is 0 Å². The maximum Gasteiger partial charge on any atom is 0.315 e. The maximum atomic E-state index is 12.5. The molecule has 3 atom stereocenters. The molecule has 2 aliphatic rings. The molecule has 0 saturated carbocycles. The fourth-order valence-corrected chi connectivity index (χ4v) is 6.61. The molecule has 0 bridgehead atoms. The zero-order chi connectivity index (χ0) is 32.3. The van der Waals surface area contributed by atoms with Gasteiger partial charge in [-0.2, -0.15) is 0 Å². The summed E-state index contributed by atoms with van der Waals surface area (Å²) in [6, 6.07) is 34.4. The molecule has 47 heavy (non-hydrogen) atoms. The Kier molecular flexibility index (Phi) is 11.7. The maximum absolute atomic E-state index is 12.5. The van der Waals surface area contributed by atoms with E-state index in [1.807, 2.05) is 54.6 Å². The quantitative estimate of drug-likeness (QED) is 0.167. The number of ether oxygens (including phenoxy) is 2. The molecule has 6 rings (SSSR count). The summed E-state index contributed by atoms with van der Waals surface area (Å²) in [6.45, 7) is 4.08. The van der Waals surface area contributed by atoms with Gasteiger partial charge in [0.25, 0.3) is 0 Å². The molecule has 7 heteroatoms. The number of carbonyl (C=O) groups is 1. The average molecular weight is 634 g/mol. The Hall–Kier alpha value is -4.01. The molecule has 2 fully saturated rings. The predicted octanol–water partition coefficient (Wildman–Crippen LogP) is 7.66. The van der Waals surface area contributed by atoms with Crippen LogP contribution in [0.25, 0.3) is 11.1 Å². The van der Waals surface area contributed by atoms with E-state index in [4.69, 9.17) is 9.47 Å². The molecule has 4 aromatic rings. The lowest BCUT2D eigenvalue weighted by atomic mass is 9.97. The van der Waals surface area contributed by atoms with Crippen molar-refractivity contribution >= 4 is 6.03 Å². The number of nitrogens with zero attached hydrogens (tertiary/aromatic N) is 1. The van der Waals surface area contributed by atoms with Gasteiger partial charge in [0, 0.05) is 31.6 Å². The molecule has 2 heterocycles. The van der Waals surface area contributed by atoms with Crippen molar-refractivity contribution in [1.29, 1.82) is 0 Å².